The molecule has 44 heavy (non-hydrogen) atoms. The summed E-state index contributed by atoms with van der Waals surface area (Å²) in [4.78, 5) is 91.7. The molecule has 0 aliphatic heterocycles. The van der Waals surface area contributed by atoms with Crippen LogP contribution in [-0.4, -0.2) is 128 Å². The van der Waals surface area contributed by atoms with E-state index in [0.717, 1.165) is 0 Å². The van der Waals surface area contributed by atoms with Gasteiger partial charge in [0.2, 0.25) is 11.8 Å². The predicted octanol–water partition coefficient (Wildman–Crippen LogP) is -1.02. The highest BCUT2D eigenvalue weighted by atomic mass is 16.5. The molecule has 0 saturated heterocycles. The van der Waals surface area contributed by atoms with E-state index in [-0.39, 0.29) is 89.5 Å². The van der Waals surface area contributed by atoms with Crippen LogP contribution in [0.5, 0.6) is 0 Å². The van der Waals surface area contributed by atoms with E-state index in [1.54, 1.807) is 0 Å². The number of hydrogen-bond donors (Lipinski definition) is 5. The Morgan fingerprint density at radius 3 is 1.86 bits per heavy atom. The molecule has 0 bridgehead atoms. The molecule has 0 aromatic heterocycles. The van der Waals surface area contributed by atoms with Crippen molar-refractivity contribution in [3.8, 4) is 0 Å². The molecule has 17 heteroatoms. The Kier molecular flexibility index (Phi) is 22.5. The number of carboxylic acids is 3. The lowest BCUT2D eigenvalue weighted by Gasteiger charge is -2.14. The fraction of sp³-hybridized carbons (Fsp3) is 0.704. The summed E-state index contributed by atoms with van der Waals surface area (Å²) in [6.07, 6.45) is -2.30. The van der Waals surface area contributed by atoms with Gasteiger partial charge >= 0.3 is 17.9 Å². The summed E-state index contributed by atoms with van der Waals surface area (Å²) in [7, 11) is 0. The Bertz CT molecular complexity index is 969. The highest BCUT2D eigenvalue weighted by Gasteiger charge is 2.27. The summed E-state index contributed by atoms with van der Waals surface area (Å²) < 4.78 is 20.8. The summed E-state index contributed by atoms with van der Waals surface area (Å²) in [6.45, 7) is 2.95. The van der Waals surface area contributed by atoms with E-state index in [1.165, 1.54) is 6.92 Å². The first-order valence-electron chi connectivity index (χ1n) is 13.9. The van der Waals surface area contributed by atoms with Crippen molar-refractivity contribution in [1.29, 1.82) is 0 Å². The van der Waals surface area contributed by atoms with Crippen LogP contribution in [0, 0.1) is 5.92 Å². The highest BCUT2D eigenvalue weighted by Crippen LogP contribution is 2.12. The number of carboxylic acid groups (broad SMARTS) is 3. The minimum Gasteiger partial charge on any atom is -0.481 e. The van der Waals surface area contributed by atoms with Crippen molar-refractivity contribution in [2.45, 2.75) is 57.9 Å². The molecule has 0 spiro atoms. The number of amides is 2. The zero-order chi connectivity index (χ0) is 33.3. The molecule has 2 atom stereocenters. The molecule has 17 nitrogen and oxygen atoms in total. The topological polar surface area (TPSA) is 258 Å². The van der Waals surface area contributed by atoms with Crippen LogP contribution in [0.1, 0.15) is 51.9 Å². The number of nitrogens with one attached hydrogen (secondary N) is 2. The van der Waals surface area contributed by atoms with E-state index in [4.69, 9.17) is 29.2 Å². The van der Waals surface area contributed by atoms with Gasteiger partial charge in [-0.15, -0.1) is 0 Å². The molecule has 0 fully saturated rings. The lowest BCUT2D eigenvalue weighted by atomic mass is 9.97. The van der Waals surface area contributed by atoms with Crippen LogP contribution in [0.25, 0.3) is 0 Å². The molecular weight excluding hydrogens is 592 g/mol. The van der Waals surface area contributed by atoms with E-state index in [1.807, 2.05) is 0 Å². The van der Waals surface area contributed by atoms with Crippen LogP contribution in [0.15, 0.2) is 0 Å². The van der Waals surface area contributed by atoms with Crippen LogP contribution < -0.4 is 10.6 Å². The van der Waals surface area contributed by atoms with E-state index in [9.17, 15) is 43.5 Å². The quantitative estimate of drug-likeness (QED) is 0.0487. The molecule has 2 unspecified atom stereocenters. The number of ketones is 3. The lowest BCUT2D eigenvalue weighted by molar-refractivity contribution is -0.149. The number of rotatable bonds is 29. The molecule has 0 saturated carbocycles. The van der Waals surface area contributed by atoms with E-state index >= 15 is 0 Å². The summed E-state index contributed by atoms with van der Waals surface area (Å²) in [5, 5.41) is 31.7. The van der Waals surface area contributed by atoms with Gasteiger partial charge in [-0.3, -0.25) is 33.6 Å². The molecule has 5 N–H and O–H groups in total. The first-order chi connectivity index (χ1) is 20.8. The van der Waals surface area contributed by atoms with E-state index in [0.29, 0.717) is 13.0 Å². The van der Waals surface area contributed by atoms with Crippen LogP contribution in [0.4, 0.5) is 0 Å². The average molecular weight is 635 g/mol. The van der Waals surface area contributed by atoms with Crippen molar-refractivity contribution in [2.24, 2.45) is 5.92 Å². The van der Waals surface area contributed by atoms with Crippen molar-refractivity contribution in [2.75, 3.05) is 59.4 Å². The van der Waals surface area contributed by atoms with E-state index in [2.05, 4.69) is 10.6 Å². The second-order valence-electron chi connectivity index (χ2n) is 9.57. The largest absolute Gasteiger partial charge is 0.481 e. The van der Waals surface area contributed by atoms with Crippen molar-refractivity contribution in [3.05, 3.63) is 0 Å². The first-order valence-corrected chi connectivity index (χ1v) is 13.9. The minimum atomic E-state index is -1.52. The Morgan fingerprint density at radius 2 is 1.27 bits per heavy atom. The molecule has 0 aliphatic rings. The second-order valence-corrected chi connectivity index (χ2v) is 9.57. The maximum absolute atomic E-state index is 12.1. The Morgan fingerprint density at radius 1 is 0.659 bits per heavy atom. The summed E-state index contributed by atoms with van der Waals surface area (Å²) in [6, 6.07) is -1.45. The second kappa shape index (κ2) is 24.6. The maximum Gasteiger partial charge on any atom is 0.326 e. The van der Waals surface area contributed by atoms with Gasteiger partial charge < -0.3 is 44.9 Å². The molecule has 0 rings (SSSR count). The van der Waals surface area contributed by atoms with Crippen LogP contribution in [-0.2, 0) is 57.3 Å². The maximum atomic E-state index is 12.1. The smallest absolute Gasteiger partial charge is 0.326 e. The highest BCUT2D eigenvalue weighted by molar-refractivity contribution is 6.00. The van der Waals surface area contributed by atoms with Crippen LogP contribution in [0.2, 0.25) is 0 Å². The third-order valence-corrected chi connectivity index (χ3v) is 5.54. The normalized spacial score (nSPS) is 12.1. The molecule has 0 aromatic carbocycles. The number of Topliss-reactive ketones (excluding diaryl/α,β-unsaturated/α-hetero) is 3. The molecule has 0 aliphatic carbocycles. The van der Waals surface area contributed by atoms with Gasteiger partial charge in [0.1, 0.15) is 30.8 Å². The van der Waals surface area contributed by atoms with Gasteiger partial charge in [-0.05, 0) is 19.8 Å². The van der Waals surface area contributed by atoms with Gasteiger partial charge in [0.15, 0.2) is 5.78 Å². The number of carbonyl (C=O) groups excluding carboxylic acids is 5. The standard InChI is InChI=1S/C27H42N2O15/c1-18(30)16-43-11-10-42-8-6-28-24(34)17-44-12-9-41-7-2-3-20(31)4-5-22(27(39)40)29-23(33)15-21(32)13-19(26(37)38)14-25(35)36/h19,22H,2-17H2,1H3,(H,28,34)(H,29,33)(H,35,36)(H,37,38)(H,39,40). The van der Waals surface area contributed by atoms with Crippen LogP contribution >= 0.6 is 0 Å². The Hall–Kier alpha value is -3.80. The molecule has 250 valence electrons. The minimum absolute atomic E-state index is 0.0341. The first kappa shape index (κ1) is 40.2. The van der Waals surface area contributed by atoms with Gasteiger partial charge in [0, 0.05) is 32.4 Å². The van der Waals surface area contributed by atoms with Gasteiger partial charge in [-0.25, -0.2) is 4.79 Å². The molecular formula is C27H42N2O15. The van der Waals surface area contributed by atoms with E-state index < -0.39 is 60.8 Å². The SMILES string of the molecule is CC(=O)COCCOCCNC(=O)COCCOCCCC(=O)CCC(NC(=O)CC(=O)CC(CC(=O)O)C(=O)O)C(=O)O. The predicted molar refractivity (Wildman–Crippen MR) is 148 cm³/mol. The zero-order valence-corrected chi connectivity index (χ0v) is 24.7. The lowest BCUT2D eigenvalue weighted by Crippen LogP contribution is -2.42. The van der Waals surface area contributed by atoms with Crippen molar-refractivity contribution < 1.29 is 72.6 Å². The average Bonchev–Trinajstić information content (AvgIpc) is 2.92. The molecule has 0 heterocycles. The van der Waals surface area contributed by atoms with Gasteiger partial charge in [-0.1, -0.05) is 0 Å². The summed E-state index contributed by atoms with van der Waals surface area (Å²) in [5.74, 6) is -8.41. The van der Waals surface area contributed by atoms with Gasteiger partial charge in [0.25, 0.3) is 0 Å². The third kappa shape index (κ3) is 23.7. The molecule has 0 aromatic rings. The number of aliphatic carboxylic acids is 3. The number of ether oxygens (including phenoxy) is 4. The number of hydrogen-bond acceptors (Lipinski definition) is 12. The molecule has 2 amide bonds. The fourth-order valence-electron chi connectivity index (χ4n) is 3.42. The van der Waals surface area contributed by atoms with Crippen molar-refractivity contribution in [1.82, 2.24) is 10.6 Å². The fourth-order valence-corrected chi connectivity index (χ4v) is 3.42. The zero-order valence-electron chi connectivity index (χ0n) is 24.7. The van der Waals surface area contributed by atoms with Crippen molar-refractivity contribution >= 4 is 47.1 Å². The summed E-state index contributed by atoms with van der Waals surface area (Å²) >= 11 is 0. The molecule has 0 radical (unpaired) electrons. The van der Waals surface area contributed by atoms with Gasteiger partial charge in [0.05, 0.1) is 51.8 Å². The van der Waals surface area contributed by atoms with Crippen molar-refractivity contribution in [3.63, 3.8) is 0 Å². The monoisotopic (exact) mass is 634 g/mol. The Balaban J connectivity index is 3.98. The summed E-state index contributed by atoms with van der Waals surface area (Å²) in [5.41, 5.74) is 0. The Labute approximate surface area is 253 Å². The van der Waals surface area contributed by atoms with Crippen LogP contribution in [0.3, 0.4) is 0 Å². The van der Waals surface area contributed by atoms with Gasteiger partial charge in [-0.2, -0.15) is 0 Å². The number of carbonyl (C=O) groups is 8. The third-order valence-electron chi connectivity index (χ3n) is 5.54.